The van der Waals surface area contributed by atoms with Gasteiger partial charge in [0.1, 0.15) is 12.2 Å². The van der Waals surface area contributed by atoms with Gasteiger partial charge in [-0.25, -0.2) is 0 Å². The molecule has 2 saturated heterocycles. The van der Waals surface area contributed by atoms with Crippen molar-refractivity contribution in [3.05, 3.63) is 0 Å². The Morgan fingerprint density at radius 2 is 1.55 bits per heavy atom. The Labute approximate surface area is 135 Å². The van der Waals surface area contributed by atoms with E-state index in [2.05, 4.69) is 32.8 Å². The lowest BCUT2D eigenvalue weighted by molar-refractivity contribution is -0.307. The Morgan fingerprint density at radius 3 is 2.18 bits per heavy atom. The zero-order valence-electron chi connectivity index (χ0n) is 15.6. The highest BCUT2D eigenvalue weighted by Crippen LogP contribution is 2.37. The van der Waals surface area contributed by atoms with Crippen LogP contribution in [-0.2, 0) is 14.2 Å². The zero-order valence-corrected chi connectivity index (χ0v) is 14.6. The first-order valence-electron chi connectivity index (χ1n) is 8.91. The van der Waals surface area contributed by atoms with E-state index in [1.54, 1.807) is 0 Å². The van der Waals surface area contributed by atoms with E-state index in [1.807, 2.05) is 13.8 Å². The molecular weight excluding hydrogens is 284 g/mol. The summed E-state index contributed by atoms with van der Waals surface area (Å²) < 4.78 is 25.1. The molecule has 0 aromatic heterocycles. The molecule has 0 aliphatic carbocycles. The minimum Gasteiger partial charge on any atom is -0.394 e. The molecule has 2 fully saturated rings. The number of rotatable bonds is 4. The fraction of sp³-hybridized carbons (Fsp3) is 1.00. The predicted octanol–water partition coefficient (Wildman–Crippen LogP) is 1.80. The van der Waals surface area contributed by atoms with Crippen LogP contribution in [0.5, 0.6) is 0 Å². The van der Waals surface area contributed by atoms with E-state index in [1.165, 1.54) is 0 Å². The molecule has 0 amide bonds. The van der Waals surface area contributed by atoms with Crippen LogP contribution in [-0.4, -0.2) is 55.1 Å². The van der Waals surface area contributed by atoms with Crippen LogP contribution in [0.25, 0.3) is 0 Å². The molecule has 0 spiro atoms. The normalized spacial score (nSPS) is 54.0. The van der Waals surface area contributed by atoms with Crippen molar-refractivity contribution in [3.63, 3.8) is 0 Å². The van der Waals surface area contributed by atoms with Gasteiger partial charge in [0.25, 0.3) is 0 Å². The second kappa shape index (κ2) is 7.14. The molecule has 0 saturated carbocycles. The Hall–Kier alpha value is -0.200. The van der Waals surface area contributed by atoms with Crippen molar-refractivity contribution in [1.29, 1.82) is 1.43 Å². The second-order valence-electron chi connectivity index (χ2n) is 7.28. The molecule has 10 unspecified atom stereocenters. The molecule has 2 rings (SSSR count). The number of aliphatic hydroxyl groups excluding tert-OH is 2. The molecule has 22 heavy (non-hydrogen) atoms. The molecule has 2 N–H and O–H groups in total. The van der Waals surface area contributed by atoms with Crippen LogP contribution in [0.1, 0.15) is 41.5 Å². The lowest BCUT2D eigenvalue weighted by Gasteiger charge is -2.47. The third-order valence-corrected chi connectivity index (χ3v) is 6.00. The zero-order chi connectivity index (χ0) is 17.3. The van der Waals surface area contributed by atoms with Gasteiger partial charge in [-0.2, -0.15) is 0 Å². The summed E-state index contributed by atoms with van der Waals surface area (Å²) in [5.41, 5.74) is 0. The topological polar surface area (TPSA) is 68.2 Å². The van der Waals surface area contributed by atoms with E-state index in [0.717, 1.165) is 0 Å². The lowest BCUT2D eigenvalue weighted by Crippen LogP contribution is -2.58. The first kappa shape index (κ1) is 16.7. The van der Waals surface area contributed by atoms with Gasteiger partial charge in [0, 0.05) is 11.8 Å². The standard InChI is InChI=1S/C17H32O5/c1-8-9(2)12(5)21-17(10(8)3)22-16-14(7-18)20-13(6)11(4)15(16)19/h8-19H,7H2,1-6H3/i18T. The molecule has 0 bridgehead atoms. The van der Waals surface area contributed by atoms with E-state index in [9.17, 15) is 5.11 Å². The average molecular weight is 318 g/mol. The quantitative estimate of drug-likeness (QED) is 0.827. The van der Waals surface area contributed by atoms with Gasteiger partial charge in [-0.15, -0.1) is 0 Å². The molecule has 5 nitrogen and oxygen atoms in total. The van der Waals surface area contributed by atoms with Crippen molar-refractivity contribution in [2.45, 2.75) is 78.4 Å². The summed E-state index contributed by atoms with van der Waals surface area (Å²) in [6.07, 6.45) is -2.06. The van der Waals surface area contributed by atoms with E-state index >= 15 is 0 Å². The summed E-state index contributed by atoms with van der Waals surface area (Å²) in [4.78, 5) is 0. The summed E-state index contributed by atoms with van der Waals surface area (Å²) >= 11 is 0. The molecule has 2 heterocycles. The fourth-order valence-corrected chi connectivity index (χ4v) is 3.50. The number of hydrogen-bond acceptors (Lipinski definition) is 5. The highest BCUT2D eigenvalue weighted by Gasteiger charge is 2.46. The Balaban J connectivity index is 2.11. The van der Waals surface area contributed by atoms with Gasteiger partial charge in [0.2, 0.25) is 1.43 Å². The smallest absolute Gasteiger partial charge is 0.210 e. The van der Waals surface area contributed by atoms with Crippen LogP contribution in [0, 0.1) is 23.7 Å². The second-order valence-corrected chi connectivity index (χ2v) is 7.28. The minimum atomic E-state index is -0.667. The van der Waals surface area contributed by atoms with Gasteiger partial charge in [0.15, 0.2) is 6.29 Å². The number of ether oxygens (including phenoxy) is 3. The first-order chi connectivity index (χ1) is 10.8. The van der Waals surface area contributed by atoms with Crippen molar-refractivity contribution in [2.24, 2.45) is 23.7 Å². The van der Waals surface area contributed by atoms with Crippen LogP contribution >= 0.6 is 0 Å². The van der Waals surface area contributed by atoms with Crippen LogP contribution < -0.4 is 0 Å². The molecule has 10 atom stereocenters. The average Bonchev–Trinajstić information content (AvgIpc) is 2.52. The highest BCUT2D eigenvalue weighted by atomic mass is 16.7. The maximum Gasteiger partial charge on any atom is 0.210 e. The van der Waals surface area contributed by atoms with Gasteiger partial charge in [-0.05, 0) is 25.7 Å². The van der Waals surface area contributed by atoms with Gasteiger partial charge >= 0.3 is 0 Å². The van der Waals surface area contributed by atoms with Gasteiger partial charge in [-0.3, -0.25) is 0 Å². The fourth-order valence-electron chi connectivity index (χ4n) is 3.50. The summed E-state index contributed by atoms with van der Waals surface area (Å²) in [6.45, 7) is 12.5. The first-order valence-corrected chi connectivity index (χ1v) is 8.50. The van der Waals surface area contributed by atoms with Crippen molar-refractivity contribution in [2.75, 3.05) is 6.61 Å². The Bertz CT molecular complexity index is 382. The van der Waals surface area contributed by atoms with Gasteiger partial charge < -0.3 is 24.4 Å². The molecule has 0 aromatic carbocycles. The van der Waals surface area contributed by atoms with Gasteiger partial charge in [0.05, 0.1) is 24.9 Å². The SMILES string of the molecule is [3H]OCC1OC(C)C(C)C(O)C1OC1OC(C)C(C)C(C)C1C. The van der Waals surface area contributed by atoms with Gasteiger partial charge in [-0.1, -0.05) is 27.7 Å². The molecule has 0 aromatic rings. The van der Waals surface area contributed by atoms with Crippen LogP contribution in [0.3, 0.4) is 0 Å². The third kappa shape index (κ3) is 3.34. The van der Waals surface area contributed by atoms with E-state index in [0.29, 0.717) is 11.8 Å². The summed E-state index contributed by atoms with van der Waals surface area (Å²) in [5.74, 6) is 1.10. The monoisotopic (exact) mass is 318 g/mol. The largest absolute Gasteiger partial charge is 0.394 e. The molecule has 2 aliphatic heterocycles. The molecular formula is C17H32O5. The Kier molecular flexibility index (Phi) is 5.40. The lowest BCUT2D eigenvalue weighted by atomic mass is 9.79. The number of aliphatic hydroxyl groups is 2. The van der Waals surface area contributed by atoms with E-state index in [-0.39, 0.29) is 36.9 Å². The molecule has 130 valence electrons. The third-order valence-electron chi connectivity index (χ3n) is 6.00. The maximum absolute atomic E-state index is 10.6. The minimum absolute atomic E-state index is 0.0466. The van der Waals surface area contributed by atoms with Crippen LogP contribution in [0.15, 0.2) is 0 Å². The van der Waals surface area contributed by atoms with Crippen molar-refractivity contribution in [3.8, 4) is 0 Å². The highest BCUT2D eigenvalue weighted by molar-refractivity contribution is 4.91. The molecule has 2 aliphatic rings. The van der Waals surface area contributed by atoms with Crippen molar-refractivity contribution >= 4 is 0 Å². The Morgan fingerprint density at radius 1 is 0.909 bits per heavy atom. The van der Waals surface area contributed by atoms with E-state index in [4.69, 9.17) is 15.6 Å². The number of hydrogen-bond donors (Lipinski definition) is 2. The predicted molar refractivity (Wildman–Crippen MR) is 83.3 cm³/mol. The molecule has 5 heteroatoms. The van der Waals surface area contributed by atoms with Crippen LogP contribution in [0.4, 0.5) is 0 Å². The van der Waals surface area contributed by atoms with E-state index < -0.39 is 18.3 Å². The maximum atomic E-state index is 10.6. The summed E-state index contributed by atoms with van der Waals surface area (Å²) in [6, 6.07) is 0. The van der Waals surface area contributed by atoms with Crippen molar-refractivity contribution < 1.29 is 24.4 Å². The summed E-state index contributed by atoms with van der Waals surface area (Å²) in [5, 5.41) is 15.1. The molecule has 0 radical (unpaired) electrons. The summed E-state index contributed by atoms with van der Waals surface area (Å²) in [7, 11) is 0. The van der Waals surface area contributed by atoms with Crippen molar-refractivity contribution in [1.82, 2.24) is 0 Å². The van der Waals surface area contributed by atoms with Crippen LogP contribution in [0.2, 0.25) is 0 Å².